The summed E-state index contributed by atoms with van der Waals surface area (Å²) >= 11 is 0. The zero-order valence-corrected chi connectivity index (χ0v) is 12.2. The van der Waals surface area contributed by atoms with Crippen LogP contribution in [0, 0.1) is 0 Å². The Labute approximate surface area is 108 Å². The predicted molar refractivity (Wildman–Crippen MR) is 76.5 cm³/mol. The number of likely N-dealkylation sites (tertiary alicyclic amines) is 1. The lowest BCUT2D eigenvalue weighted by atomic mass is 9.97. The normalized spacial score (nSPS) is 23.8. The van der Waals surface area contributed by atoms with Crippen molar-refractivity contribution >= 4 is 0 Å². The molecule has 0 aromatic heterocycles. The van der Waals surface area contributed by atoms with Crippen LogP contribution in [-0.4, -0.2) is 37.1 Å². The first-order chi connectivity index (χ1) is 8.27. The molecule has 2 atom stereocenters. The number of unbranched alkanes of at least 4 members (excludes halogenated alkanes) is 1. The molecule has 0 saturated carbocycles. The lowest BCUT2D eigenvalue weighted by Crippen LogP contribution is -2.40. The molecule has 1 N–H and O–H groups in total. The molecule has 0 bridgehead atoms. The van der Waals surface area contributed by atoms with Crippen molar-refractivity contribution in [1.29, 1.82) is 0 Å². The molecule has 0 aromatic rings. The average Bonchev–Trinajstić information content (AvgIpc) is 2.36. The van der Waals surface area contributed by atoms with Crippen LogP contribution < -0.4 is 5.32 Å². The van der Waals surface area contributed by atoms with Crippen molar-refractivity contribution in [1.82, 2.24) is 10.2 Å². The monoisotopic (exact) mass is 240 g/mol. The van der Waals surface area contributed by atoms with Gasteiger partial charge in [0.1, 0.15) is 0 Å². The molecule has 0 amide bonds. The Kier molecular flexibility index (Phi) is 7.87. The van der Waals surface area contributed by atoms with Crippen molar-refractivity contribution in [3.8, 4) is 0 Å². The summed E-state index contributed by atoms with van der Waals surface area (Å²) in [6.45, 7) is 7.29. The van der Waals surface area contributed by atoms with Crippen molar-refractivity contribution in [2.45, 2.75) is 77.3 Å². The second-order valence-corrected chi connectivity index (χ2v) is 5.66. The van der Waals surface area contributed by atoms with Crippen molar-refractivity contribution in [2.75, 3.05) is 20.1 Å². The van der Waals surface area contributed by atoms with Gasteiger partial charge in [0.15, 0.2) is 0 Å². The molecular weight excluding hydrogens is 208 g/mol. The van der Waals surface area contributed by atoms with Crippen LogP contribution in [0.1, 0.15) is 65.2 Å². The fourth-order valence-corrected chi connectivity index (χ4v) is 2.92. The van der Waals surface area contributed by atoms with Crippen LogP contribution in [-0.2, 0) is 0 Å². The summed E-state index contributed by atoms with van der Waals surface area (Å²) in [6, 6.07) is 1.58. The highest BCUT2D eigenvalue weighted by molar-refractivity contribution is 4.76. The van der Waals surface area contributed by atoms with Gasteiger partial charge in [-0.05, 0) is 59.2 Å². The topological polar surface area (TPSA) is 15.3 Å². The van der Waals surface area contributed by atoms with Crippen molar-refractivity contribution in [3.05, 3.63) is 0 Å². The van der Waals surface area contributed by atoms with Crippen LogP contribution in [0.2, 0.25) is 0 Å². The number of rotatable bonds is 8. The summed E-state index contributed by atoms with van der Waals surface area (Å²) in [6.07, 6.45) is 11.2. The minimum Gasteiger partial charge on any atom is -0.317 e. The first-order valence-electron chi connectivity index (χ1n) is 7.69. The van der Waals surface area contributed by atoms with E-state index in [0.717, 1.165) is 6.04 Å². The summed E-state index contributed by atoms with van der Waals surface area (Å²) < 4.78 is 0. The van der Waals surface area contributed by atoms with E-state index in [0.29, 0.717) is 6.04 Å². The summed E-state index contributed by atoms with van der Waals surface area (Å²) in [5.74, 6) is 0. The van der Waals surface area contributed by atoms with Gasteiger partial charge in [0.2, 0.25) is 0 Å². The first kappa shape index (κ1) is 15.0. The van der Waals surface area contributed by atoms with Gasteiger partial charge in [0, 0.05) is 12.1 Å². The molecule has 1 saturated heterocycles. The third-order valence-corrected chi connectivity index (χ3v) is 4.20. The summed E-state index contributed by atoms with van der Waals surface area (Å²) in [5.41, 5.74) is 0. The van der Waals surface area contributed by atoms with Gasteiger partial charge in [-0.15, -0.1) is 0 Å². The zero-order chi connectivity index (χ0) is 12.5. The molecule has 0 aliphatic carbocycles. The maximum atomic E-state index is 3.32. The molecule has 0 radical (unpaired) electrons. The Balaban J connectivity index is 2.14. The van der Waals surface area contributed by atoms with E-state index in [2.05, 4.69) is 31.1 Å². The lowest BCUT2D eigenvalue weighted by Gasteiger charge is -2.35. The smallest absolute Gasteiger partial charge is 0.00951 e. The fourth-order valence-electron chi connectivity index (χ4n) is 2.92. The number of hydrogen-bond donors (Lipinski definition) is 1. The van der Waals surface area contributed by atoms with E-state index in [9.17, 15) is 0 Å². The zero-order valence-electron chi connectivity index (χ0n) is 12.2. The number of nitrogens with zero attached hydrogens (tertiary/aromatic N) is 1. The Bertz CT molecular complexity index is 180. The second-order valence-electron chi connectivity index (χ2n) is 5.66. The highest BCUT2D eigenvalue weighted by Gasteiger charge is 2.20. The molecule has 1 aliphatic heterocycles. The molecule has 2 nitrogen and oxygen atoms in total. The molecular formula is C15H32N2. The van der Waals surface area contributed by atoms with E-state index in [1.807, 2.05) is 0 Å². The fraction of sp³-hybridized carbons (Fsp3) is 1.00. The molecule has 1 fully saturated rings. The molecule has 102 valence electrons. The third-order valence-electron chi connectivity index (χ3n) is 4.20. The molecule has 17 heavy (non-hydrogen) atoms. The van der Waals surface area contributed by atoms with Crippen molar-refractivity contribution in [3.63, 3.8) is 0 Å². The molecule has 0 aromatic carbocycles. The Morgan fingerprint density at radius 2 is 2.12 bits per heavy atom. The molecule has 1 heterocycles. The molecule has 2 unspecified atom stereocenters. The van der Waals surface area contributed by atoms with Crippen LogP contribution in [0.15, 0.2) is 0 Å². The molecule has 2 heteroatoms. The quantitative estimate of drug-likeness (QED) is 0.654. The summed E-state index contributed by atoms with van der Waals surface area (Å²) in [5, 5.41) is 3.32. The van der Waals surface area contributed by atoms with Gasteiger partial charge in [0.25, 0.3) is 0 Å². The highest BCUT2D eigenvalue weighted by Crippen LogP contribution is 2.21. The second kappa shape index (κ2) is 8.93. The number of hydrogen-bond acceptors (Lipinski definition) is 2. The maximum absolute atomic E-state index is 3.32. The largest absolute Gasteiger partial charge is 0.317 e. The number of nitrogens with one attached hydrogen (secondary N) is 1. The van der Waals surface area contributed by atoms with E-state index in [-0.39, 0.29) is 0 Å². The van der Waals surface area contributed by atoms with Crippen molar-refractivity contribution < 1.29 is 0 Å². The van der Waals surface area contributed by atoms with Gasteiger partial charge in [-0.3, -0.25) is 0 Å². The summed E-state index contributed by atoms with van der Waals surface area (Å²) in [7, 11) is 2.06. The van der Waals surface area contributed by atoms with Gasteiger partial charge in [0.05, 0.1) is 0 Å². The van der Waals surface area contributed by atoms with Gasteiger partial charge in [-0.1, -0.05) is 26.2 Å². The van der Waals surface area contributed by atoms with E-state index in [4.69, 9.17) is 0 Å². The summed E-state index contributed by atoms with van der Waals surface area (Å²) in [4.78, 5) is 2.76. The molecule has 1 rings (SSSR count). The Morgan fingerprint density at radius 3 is 2.82 bits per heavy atom. The Morgan fingerprint density at radius 1 is 1.29 bits per heavy atom. The van der Waals surface area contributed by atoms with E-state index >= 15 is 0 Å². The molecule has 1 aliphatic rings. The average molecular weight is 240 g/mol. The highest BCUT2D eigenvalue weighted by atomic mass is 15.2. The van der Waals surface area contributed by atoms with E-state index in [1.54, 1.807) is 0 Å². The van der Waals surface area contributed by atoms with Crippen molar-refractivity contribution in [2.24, 2.45) is 0 Å². The van der Waals surface area contributed by atoms with E-state index < -0.39 is 0 Å². The predicted octanol–water partition coefficient (Wildman–Crippen LogP) is 3.42. The van der Waals surface area contributed by atoms with Crippen LogP contribution >= 0.6 is 0 Å². The third kappa shape index (κ3) is 5.87. The van der Waals surface area contributed by atoms with Gasteiger partial charge < -0.3 is 10.2 Å². The van der Waals surface area contributed by atoms with Gasteiger partial charge in [-0.25, -0.2) is 0 Å². The Hall–Kier alpha value is -0.0800. The minimum atomic E-state index is 0.683. The standard InChI is InChI=1S/C15H32N2/c1-4-9-15-11-6-8-13-17(15)12-7-5-10-14(2)16-3/h14-16H,4-13H2,1-3H3. The molecule has 0 spiro atoms. The SMILES string of the molecule is CCCC1CCCCN1CCCCC(C)NC. The van der Waals surface area contributed by atoms with Gasteiger partial charge >= 0.3 is 0 Å². The minimum absolute atomic E-state index is 0.683. The van der Waals surface area contributed by atoms with Crippen LogP contribution in [0.5, 0.6) is 0 Å². The van der Waals surface area contributed by atoms with Gasteiger partial charge in [-0.2, -0.15) is 0 Å². The van der Waals surface area contributed by atoms with Crippen LogP contribution in [0.25, 0.3) is 0 Å². The first-order valence-corrected chi connectivity index (χ1v) is 7.69. The lowest BCUT2D eigenvalue weighted by molar-refractivity contribution is 0.136. The maximum Gasteiger partial charge on any atom is 0.00951 e. The number of piperidine rings is 1. The van der Waals surface area contributed by atoms with Crippen LogP contribution in [0.4, 0.5) is 0 Å². The van der Waals surface area contributed by atoms with E-state index in [1.165, 1.54) is 64.5 Å². The van der Waals surface area contributed by atoms with Crippen LogP contribution in [0.3, 0.4) is 0 Å².